The number of amidine groups is 1. The van der Waals surface area contributed by atoms with Gasteiger partial charge in [-0.2, -0.15) is 0 Å². The number of benzene rings is 1. The number of carbonyl (C=O) groups is 1. The number of amides is 1. The first-order valence-corrected chi connectivity index (χ1v) is 10.8. The molecule has 7 nitrogen and oxygen atoms in total. The lowest BCUT2D eigenvalue weighted by Crippen LogP contribution is -2.36. The van der Waals surface area contributed by atoms with E-state index in [0.717, 1.165) is 18.0 Å². The maximum atomic E-state index is 12.5. The molecule has 1 N–H and O–H groups in total. The van der Waals surface area contributed by atoms with E-state index in [2.05, 4.69) is 17.1 Å². The van der Waals surface area contributed by atoms with Gasteiger partial charge in [-0.15, -0.1) is 12.4 Å². The minimum atomic E-state index is -0.451. The Kier molecular flexibility index (Phi) is 8.77. The van der Waals surface area contributed by atoms with Gasteiger partial charge in [0.15, 0.2) is 5.17 Å². The van der Waals surface area contributed by atoms with E-state index >= 15 is 0 Å². The second-order valence-corrected chi connectivity index (χ2v) is 8.96. The molecule has 1 aliphatic heterocycles. The van der Waals surface area contributed by atoms with E-state index < -0.39 is 4.92 Å². The number of anilines is 1. The van der Waals surface area contributed by atoms with Crippen molar-refractivity contribution in [1.82, 2.24) is 4.90 Å². The first-order chi connectivity index (χ1) is 13.4. The zero-order valence-corrected chi connectivity index (χ0v) is 18.5. The van der Waals surface area contributed by atoms with Crippen molar-refractivity contribution in [3.8, 4) is 0 Å². The van der Waals surface area contributed by atoms with Crippen LogP contribution >= 0.6 is 24.2 Å². The summed E-state index contributed by atoms with van der Waals surface area (Å²) in [7, 11) is 2.02. The fourth-order valence-electron chi connectivity index (χ4n) is 3.82. The van der Waals surface area contributed by atoms with E-state index in [9.17, 15) is 14.9 Å². The van der Waals surface area contributed by atoms with Crippen LogP contribution in [0.5, 0.6) is 0 Å². The van der Waals surface area contributed by atoms with E-state index in [0.29, 0.717) is 18.2 Å². The highest BCUT2D eigenvalue weighted by molar-refractivity contribution is 8.14. The van der Waals surface area contributed by atoms with Crippen LogP contribution in [0.1, 0.15) is 51.9 Å². The molecule has 1 saturated heterocycles. The predicted molar refractivity (Wildman–Crippen MR) is 121 cm³/mol. The SMILES string of the molecule is CC1S/C(=N\C2CCCCCC2)N(C)C1CC(=O)Nc1ccc([N+](=O)[O-])cc1.Cl. The quantitative estimate of drug-likeness (QED) is 0.401. The van der Waals surface area contributed by atoms with Crippen molar-refractivity contribution < 1.29 is 9.72 Å². The lowest BCUT2D eigenvalue weighted by molar-refractivity contribution is -0.384. The molecule has 1 amide bonds. The van der Waals surface area contributed by atoms with Crippen molar-refractivity contribution in [2.24, 2.45) is 4.99 Å². The Hall–Kier alpha value is -1.80. The molecule has 0 spiro atoms. The highest BCUT2D eigenvalue weighted by atomic mass is 35.5. The van der Waals surface area contributed by atoms with E-state index in [-0.39, 0.29) is 35.3 Å². The zero-order chi connectivity index (χ0) is 20.1. The summed E-state index contributed by atoms with van der Waals surface area (Å²) in [6.45, 7) is 2.14. The van der Waals surface area contributed by atoms with Gasteiger partial charge in [0.05, 0.1) is 17.0 Å². The molecule has 1 aliphatic carbocycles. The summed E-state index contributed by atoms with van der Waals surface area (Å²) in [5, 5.41) is 14.9. The van der Waals surface area contributed by atoms with Gasteiger partial charge < -0.3 is 10.2 Å². The Labute approximate surface area is 182 Å². The van der Waals surface area contributed by atoms with Crippen LogP contribution in [0.4, 0.5) is 11.4 Å². The molecule has 3 rings (SSSR count). The molecule has 1 aromatic rings. The normalized spacial score (nSPS) is 24.1. The Bertz CT molecular complexity index is 736. The number of thioether (sulfide) groups is 1. The largest absolute Gasteiger partial charge is 0.350 e. The van der Waals surface area contributed by atoms with Crippen LogP contribution in [-0.4, -0.2) is 45.3 Å². The van der Waals surface area contributed by atoms with Crippen LogP contribution in [0.15, 0.2) is 29.3 Å². The van der Waals surface area contributed by atoms with Crippen molar-refractivity contribution in [3.63, 3.8) is 0 Å². The monoisotopic (exact) mass is 440 g/mol. The Morgan fingerprint density at radius 2 is 1.86 bits per heavy atom. The predicted octanol–water partition coefficient (Wildman–Crippen LogP) is 4.86. The van der Waals surface area contributed by atoms with Gasteiger partial charge in [-0.3, -0.25) is 19.9 Å². The minimum Gasteiger partial charge on any atom is -0.350 e. The molecule has 2 aliphatic rings. The molecule has 2 atom stereocenters. The number of rotatable bonds is 5. The van der Waals surface area contributed by atoms with E-state index in [1.165, 1.54) is 37.8 Å². The van der Waals surface area contributed by atoms with Gasteiger partial charge in [-0.25, -0.2) is 0 Å². The fraction of sp³-hybridized carbons (Fsp3) is 0.600. The number of nitrogens with one attached hydrogen (secondary N) is 1. The molecule has 1 saturated carbocycles. The molecule has 9 heteroatoms. The number of carbonyl (C=O) groups excluding carboxylic acids is 1. The van der Waals surface area contributed by atoms with Gasteiger partial charge in [-0.1, -0.05) is 44.4 Å². The van der Waals surface area contributed by atoms with E-state index in [1.807, 2.05) is 7.05 Å². The summed E-state index contributed by atoms with van der Waals surface area (Å²) < 4.78 is 0. The number of aliphatic imine (C=N–C) groups is 1. The van der Waals surface area contributed by atoms with Crippen molar-refractivity contribution in [3.05, 3.63) is 34.4 Å². The first kappa shape index (κ1) is 23.5. The van der Waals surface area contributed by atoms with Gasteiger partial charge in [0.1, 0.15) is 0 Å². The highest BCUT2D eigenvalue weighted by Crippen LogP contribution is 2.33. The molecule has 29 heavy (non-hydrogen) atoms. The maximum absolute atomic E-state index is 12.5. The number of halogens is 1. The summed E-state index contributed by atoms with van der Waals surface area (Å²) in [6.07, 6.45) is 7.83. The molecule has 0 aromatic heterocycles. The lowest BCUT2D eigenvalue weighted by atomic mass is 10.1. The van der Waals surface area contributed by atoms with Crippen LogP contribution in [0, 0.1) is 10.1 Å². The number of hydrogen-bond donors (Lipinski definition) is 1. The van der Waals surface area contributed by atoms with Crippen molar-refractivity contribution in [2.45, 2.75) is 69.2 Å². The molecule has 160 valence electrons. The topological polar surface area (TPSA) is 87.8 Å². The smallest absolute Gasteiger partial charge is 0.269 e. The van der Waals surface area contributed by atoms with Gasteiger partial charge in [0, 0.05) is 36.5 Å². The average Bonchev–Trinajstić information content (AvgIpc) is 2.85. The third-order valence-electron chi connectivity index (χ3n) is 5.51. The average molecular weight is 441 g/mol. The summed E-state index contributed by atoms with van der Waals surface area (Å²) in [6, 6.07) is 6.41. The molecule has 1 aromatic carbocycles. The van der Waals surface area contributed by atoms with Crippen LogP contribution in [-0.2, 0) is 4.79 Å². The molecule has 0 radical (unpaired) electrons. The van der Waals surface area contributed by atoms with Crippen molar-refractivity contribution in [1.29, 1.82) is 0 Å². The number of non-ortho nitro benzene ring substituents is 1. The molecule has 0 bridgehead atoms. The number of nitro benzene ring substituents is 1. The lowest BCUT2D eigenvalue weighted by Gasteiger charge is -2.23. The Morgan fingerprint density at radius 3 is 2.45 bits per heavy atom. The second-order valence-electron chi connectivity index (χ2n) is 7.61. The van der Waals surface area contributed by atoms with Gasteiger partial charge in [0.25, 0.3) is 5.69 Å². The van der Waals surface area contributed by atoms with Crippen molar-refractivity contribution in [2.75, 3.05) is 12.4 Å². The fourth-order valence-corrected chi connectivity index (χ4v) is 5.10. The highest BCUT2D eigenvalue weighted by Gasteiger charge is 2.35. The van der Waals surface area contributed by atoms with Crippen LogP contribution < -0.4 is 5.32 Å². The maximum Gasteiger partial charge on any atom is 0.269 e. The summed E-state index contributed by atoms with van der Waals surface area (Å²) >= 11 is 1.76. The molecule has 2 unspecified atom stereocenters. The third-order valence-corrected chi connectivity index (χ3v) is 6.80. The standard InChI is InChI=1S/C20H28N4O3S.ClH/c1-14-18(13-19(25)21-16-9-11-17(12-10-16)24(26)27)23(2)20(28-14)22-15-7-5-3-4-6-8-15;/h9-12,14-15,18H,3-8,13H2,1-2H3,(H,21,25);1H/b22-20-;. The number of hydrogen-bond acceptors (Lipinski definition) is 5. The minimum absolute atomic E-state index is 0. The number of nitrogens with zero attached hydrogens (tertiary/aromatic N) is 3. The first-order valence-electron chi connectivity index (χ1n) is 9.95. The molecular formula is C20H29ClN4O3S. The second kappa shape index (κ2) is 10.8. The van der Waals surface area contributed by atoms with Gasteiger partial charge in [-0.05, 0) is 25.0 Å². The van der Waals surface area contributed by atoms with Crippen LogP contribution in [0.25, 0.3) is 0 Å². The van der Waals surface area contributed by atoms with E-state index in [1.54, 1.807) is 23.9 Å². The van der Waals surface area contributed by atoms with Crippen LogP contribution in [0.2, 0.25) is 0 Å². The summed E-state index contributed by atoms with van der Waals surface area (Å²) in [4.78, 5) is 29.9. The number of nitro groups is 1. The Morgan fingerprint density at radius 1 is 1.24 bits per heavy atom. The summed E-state index contributed by atoms with van der Waals surface area (Å²) in [5.74, 6) is -0.0890. The molecule has 1 heterocycles. The van der Waals surface area contributed by atoms with E-state index in [4.69, 9.17) is 4.99 Å². The van der Waals surface area contributed by atoms with Gasteiger partial charge in [0.2, 0.25) is 5.91 Å². The summed E-state index contributed by atoms with van der Waals surface area (Å²) in [5.41, 5.74) is 0.585. The molecular weight excluding hydrogens is 412 g/mol. The van der Waals surface area contributed by atoms with Gasteiger partial charge >= 0.3 is 0 Å². The zero-order valence-electron chi connectivity index (χ0n) is 16.9. The van der Waals surface area contributed by atoms with Crippen molar-refractivity contribution >= 4 is 46.6 Å². The van der Waals surface area contributed by atoms with Crippen LogP contribution in [0.3, 0.4) is 0 Å². The Balaban J connectivity index is 0.00000300. The molecule has 2 fully saturated rings. The third kappa shape index (κ3) is 6.34.